The number of hydrogen-bond acceptors (Lipinski definition) is 3. The highest BCUT2D eigenvalue weighted by molar-refractivity contribution is 5.71. The van der Waals surface area contributed by atoms with Gasteiger partial charge < -0.3 is 14.6 Å². The Bertz CT molecular complexity index is 1200. The Morgan fingerprint density at radius 1 is 1.09 bits per heavy atom. The van der Waals surface area contributed by atoms with Crippen LogP contribution in [-0.4, -0.2) is 24.8 Å². The molecule has 1 aliphatic heterocycles. The lowest BCUT2D eigenvalue weighted by atomic mass is 9.81. The van der Waals surface area contributed by atoms with Crippen LogP contribution in [0.4, 0.5) is 4.39 Å². The smallest absolute Gasteiger partial charge is 0.306 e. The van der Waals surface area contributed by atoms with Crippen molar-refractivity contribution in [2.45, 2.75) is 38.0 Å². The molecule has 4 nitrogen and oxygen atoms in total. The maximum absolute atomic E-state index is 14.4. The average Bonchev–Trinajstić information content (AvgIpc) is 3.69. The van der Waals surface area contributed by atoms with Crippen molar-refractivity contribution in [3.05, 3.63) is 83.2 Å². The SMILES string of the molecule is COc1ccc(F)c(-c2ccc(C3COc4ccc([C@H](C5CC5)[C@H](C)C(=O)O)cc4C3)cc2)c1. The number of carboxylic acid groups (broad SMARTS) is 1. The van der Waals surface area contributed by atoms with Gasteiger partial charge in [0.25, 0.3) is 0 Å². The summed E-state index contributed by atoms with van der Waals surface area (Å²) in [5.74, 6) is 0.754. The van der Waals surface area contributed by atoms with E-state index in [2.05, 4.69) is 6.07 Å². The molecule has 3 aromatic carbocycles. The number of ether oxygens (including phenoxy) is 2. The quantitative estimate of drug-likeness (QED) is 0.441. The van der Waals surface area contributed by atoms with Gasteiger partial charge in [-0.25, -0.2) is 4.39 Å². The maximum atomic E-state index is 14.4. The minimum Gasteiger partial charge on any atom is -0.497 e. The fourth-order valence-electron chi connectivity index (χ4n) is 5.20. The third kappa shape index (κ3) is 4.39. The third-order valence-corrected chi connectivity index (χ3v) is 7.30. The van der Waals surface area contributed by atoms with E-state index in [9.17, 15) is 14.3 Å². The van der Waals surface area contributed by atoms with Gasteiger partial charge in [0, 0.05) is 11.5 Å². The summed E-state index contributed by atoms with van der Waals surface area (Å²) in [6.45, 7) is 2.40. The van der Waals surface area contributed by atoms with E-state index in [0.29, 0.717) is 23.8 Å². The van der Waals surface area contributed by atoms with Gasteiger partial charge >= 0.3 is 5.97 Å². The fraction of sp³-hybridized carbons (Fsp3) is 0.345. The number of aliphatic carboxylic acids is 1. The zero-order valence-corrected chi connectivity index (χ0v) is 19.5. The third-order valence-electron chi connectivity index (χ3n) is 7.30. The van der Waals surface area contributed by atoms with Crippen LogP contribution < -0.4 is 9.47 Å². The van der Waals surface area contributed by atoms with Gasteiger partial charge in [-0.15, -0.1) is 0 Å². The zero-order chi connectivity index (χ0) is 23.8. The van der Waals surface area contributed by atoms with E-state index in [1.807, 2.05) is 43.3 Å². The Balaban J connectivity index is 1.37. The summed E-state index contributed by atoms with van der Waals surface area (Å²) in [6, 6.07) is 18.9. The predicted octanol–water partition coefficient (Wildman–Crippen LogP) is 6.43. The summed E-state index contributed by atoms with van der Waals surface area (Å²) in [5.41, 5.74) is 4.68. The number of fused-ring (bicyclic) bond motifs is 1. The molecule has 1 fully saturated rings. The molecule has 3 atom stereocenters. The number of carbonyl (C=O) groups is 1. The maximum Gasteiger partial charge on any atom is 0.306 e. The molecule has 5 heteroatoms. The first-order valence-electron chi connectivity index (χ1n) is 11.9. The summed E-state index contributed by atoms with van der Waals surface area (Å²) >= 11 is 0. The summed E-state index contributed by atoms with van der Waals surface area (Å²) in [6.07, 6.45) is 3.02. The van der Waals surface area contributed by atoms with Crippen molar-refractivity contribution in [2.24, 2.45) is 11.8 Å². The van der Waals surface area contributed by atoms with E-state index in [4.69, 9.17) is 9.47 Å². The van der Waals surface area contributed by atoms with Crippen molar-refractivity contribution in [1.82, 2.24) is 0 Å². The summed E-state index contributed by atoms with van der Waals surface area (Å²) in [4.78, 5) is 11.7. The highest BCUT2D eigenvalue weighted by Gasteiger charge is 2.39. The Kier molecular flexibility index (Phi) is 6.03. The number of benzene rings is 3. The van der Waals surface area contributed by atoms with Gasteiger partial charge in [-0.05, 0) is 77.6 Å². The zero-order valence-electron chi connectivity index (χ0n) is 19.5. The fourth-order valence-corrected chi connectivity index (χ4v) is 5.20. The Morgan fingerprint density at radius 2 is 1.85 bits per heavy atom. The van der Waals surface area contributed by atoms with Gasteiger partial charge in [0.2, 0.25) is 0 Å². The molecule has 1 unspecified atom stereocenters. The van der Waals surface area contributed by atoms with Crippen LogP contribution in [0.3, 0.4) is 0 Å². The highest BCUT2D eigenvalue weighted by atomic mass is 19.1. The first-order chi connectivity index (χ1) is 16.4. The second kappa shape index (κ2) is 9.13. The molecule has 0 saturated heterocycles. The van der Waals surface area contributed by atoms with Crippen molar-refractivity contribution in [3.8, 4) is 22.6 Å². The van der Waals surface area contributed by atoms with E-state index in [1.54, 1.807) is 19.2 Å². The molecule has 5 rings (SSSR count). The van der Waals surface area contributed by atoms with Crippen molar-refractivity contribution in [3.63, 3.8) is 0 Å². The van der Waals surface area contributed by atoms with Crippen LogP contribution in [0.25, 0.3) is 11.1 Å². The molecule has 3 aromatic rings. The molecule has 1 N–H and O–H groups in total. The summed E-state index contributed by atoms with van der Waals surface area (Å²) < 4.78 is 25.7. The molecular weight excluding hydrogens is 431 g/mol. The monoisotopic (exact) mass is 460 g/mol. The van der Waals surface area contributed by atoms with E-state index in [-0.39, 0.29) is 17.7 Å². The normalized spacial score (nSPS) is 19.0. The molecule has 1 aliphatic carbocycles. The summed E-state index contributed by atoms with van der Waals surface area (Å²) in [5, 5.41) is 9.62. The lowest BCUT2D eigenvalue weighted by Gasteiger charge is -2.28. The molecule has 0 amide bonds. The van der Waals surface area contributed by atoms with Crippen molar-refractivity contribution < 1.29 is 23.8 Å². The molecule has 1 heterocycles. The molecule has 0 spiro atoms. The molecule has 34 heavy (non-hydrogen) atoms. The van der Waals surface area contributed by atoms with Gasteiger partial charge in [-0.3, -0.25) is 4.79 Å². The summed E-state index contributed by atoms with van der Waals surface area (Å²) in [7, 11) is 1.57. The number of halogens is 1. The average molecular weight is 461 g/mol. The highest BCUT2D eigenvalue weighted by Crippen LogP contribution is 2.48. The van der Waals surface area contributed by atoms with Crippen LogP contribution in [0.2, 0.25) is 0 Å². The standard InChI is InChI=1S/C29H29FO4/c1-17(29(31)32)28(20-7-8-20)21-9-12-27-22(13-21)14-23(16-34-27)18-3-5-19(6-4-18)25-15-24(33-2)10-11-26(25)30/h3-6,9-13,15,17,20,23,28H,7-8,14,16H2,1-2H3,(H,31,32)/t17-,23?,28-/m0/s1. The Labute approximate surface area is 199 Å². The lowest BCUT2D eigenvalue weighted by molar-refractivity contribution is -0.142. The van der Waals surface area contributed by atoms with E-state index in [1.165, 1.54) is 6.07 Å². The lowest BCUT2D eigenvalue weighted by Crippen LogP contribution is -2.22. The van der Waals surface area contributed by atoms with Crippen LogP contribution in [-0.2, 0) is 11.2 Å². The van der Waals surface area contributed by atoms with E-state index in [0.717, 1.165) is 47.3 Å². The Morgan fingerprint density at radius 3 is 2.53 bits per heavy atom. The largest absolute Gasteiger partial charge is 0.497 e. The van der Waals surface area contributed by atoms with Gasteiger partial charge in [0.15, 0.2) is 0 Å². The first-order valence-corrected chi connectivity index (χ1v) is 11.9. The minimum atomic E-state index is -0.740. The van der Waals surface area contributed by atoms with Crippen LogP contribution in [0.1, 0.15) is 48.3 Å². The van der Waals surface area contributed by atoms with Crippen molar-refractivity contribution in [1.29, 1.82) is 0 Å². The van der Waals surface area contributed by atoms with Crippen molar-refractivity contribution in [2.75, 3.05) is 13.7 Å². The predicted molar refractivity (Wildman–Crippen MR) is 129 cm³/mol. The van der Waals surface area contributed by atoms with Gasteiger partial charge in [0.05, 0.1) is 19.6 Å². The van der Waals surface area contributed by atoms with Crippen LogP contribution in [0.15, 0.2) is 60.7 Å². The Hall–Kier alpha value is -3.34. The van der Waals surface area contributed by atoms with E-state index >= 15 is 0 Å². The van der Waals surface area contributed by atoms with Crippen LogP contribution in [0.5, 0.6) is 11.5 Å². The topological polar surface area (TPSA) is 55.8 Å². The number of methoxy groups -OCH3 is 1. The molecule has 0 aromatic heterocycles. The first kappa shape index (κ1) is 22.5. The number of rotatable bonds is 7. The molecule has 0 bridgehead atoms. The minimum absolute atomic E-state index is 0.0419. The number of carboxylic acids is 1. The van der Waals surface area contributed by atoms with Gasteiger partial charge in [-0.2, -0.15) is 0 Å². The second-order valence-electron chi connectivity index (χ2n) is 9.54. The second-order valence-corrected chi connectivity index (χ2v) is 9.54. The van der Waals surface area contributed by atoms with Gasteiger partial charge in [-0.1, -0.05) is 43.3 Å². The molecule has 176 valence electrons. The van der Waals surface area contributed by atoms with Crippen molar-refractivity contribution >= 4 is 5.97 Å². The van der Waals surface area contributed by atoms with Crippen LogP contribution in [0, 0.1) is 17.7 Å². The van der Waals surface area contributed by atoms with Gasteiger partial charge in [0.1, 0.15) is 17.3 Å². The molecule has 1 saturated carbocycles. The molecule has 2 aliphatic rings. The van der Waals surface area contributed by atoms with E-state index < -0.39 is 11.9 Å². The number of hydrogen-bond donors (Lipinski definition) is 1. The van der Waals surface area contributed by atoms with Crippen LogP contribution >= 0.6 is 0 Å². The molecular formula is C29H29FO4. The molecule has 0 radical (unpaired) electrons.